The Morgan fingerprint density at radius 3 is 3.05 bits per heavy atom. The monoisotopic (exact) mass is 314 g/mol. The van der Waals surface area contributed by atoms with Crippen LogP contribution in [0.4, 0.5) is 5.82 Å². The largest absolute Gasteiger partial charge is 0.383 e. The number of nitrogens with zero attached hydrogens (tertiary/aromatic N) is 5. The average Bonchev–Trinajstić information content (AvgIpc) is 2.89. The maximum absolute atomic E-state index is 6.01. The predicted octanol–water partition coefficient (Wildman–Crippen LogP) is 1.92. The van der Waals surface area contributed by atoms with Crippen molar-refractivity contribution >= 4 is 23.1 Å². The average molecular weight is 315 g/mol. The maximum Gasteiger partial charge on any atom is 0.137 e. The molecule has 3 aromatic heterocycles. The molecule has 2 N–H and O–H groups in total. The molecule has 6 nitrogen and oxygen atoms in total. The van der Waals surface area contributed by atoms with Crippen LogP contribution in [0.2, 0.25) is 5.02 Å². The van der Waals surface area contributed by atoms with Crippen molar-refractivity contribution in [2.75, 3.05) is 12.3 Å². The molecule has 7 heteroatoms. The van der Waals surface area contributed by atoms with Crippen molar-refractivity contribution < 1.29 is 0 Å². The van der Waals surface area contributed by atoms with Gasteiger partial charge in [-0.15, -0.1) is 0 Å². The lowest BCUT2D eigenvalue weighted by Crippen LogP contribution is -2.31. The van der Waals surface area contributed by atoms with Gasteiger partial charge in [0.1, 0.15) is 17.8 Å². The molecule has 1 aliphatic heterocycles. The molecule has 112 valence electrons. The summed E-state index contributed by atoms with van der Waals surface area (Å²) in [6, 6.07) is 3.77. The van der Waals surface area contributed by atoms with Crippen LogP contribution in [-0.2, 0) is 19.5 Å². The smallest absolute Gasteiger partial charge is 0.137 e. The predicted molar refractivity (Wildman–Crippen MR) is 84.5 cm³/mol. The SMILES string of the molecule is Nc1ncnc2c1CN(Cc1cn3cc(Cl)ccc3n1)CC2. The molecular weight excluding hydrogens is 300 g/mol. The topological polar surface area (TPSA) is 72.3 Å². The minimum atomic E-state index is 0.580. The standard InChI is InChI=1S/C15H15ClN6/c16-10-1-2-14-20-11(7-22(14)5-10)6-21-4-3-13-12(8-21)15(17)19-9-18-13/h1-2,5,7,9H,3-4,6,8H2,(H2,17,18,19). The van der Waals surface area contributed by atoms with Gasteiger partial charge in [-0.2, -0.15) is 0 Å². The summed E-state index contributed by atoms with van der Waals surface area (Å²) in [7, 11) is 0. The number of halogens is 1. The molecule has 0 spiro atoms. The summed E-state index contributed by atoms with van der Waals surface area (Å²) in [5.41, 5.74) is 9.98. The van der Waals surface area contributed by atoms with E-state index in [1.165, 1.54) is 6.33 Å². The summed E-state index contributed by atoms with van der Waals surface area (Å²) in [4.78, 5) is 15.3. The molecule has 0 saturated carbocycles. The quantitative estimate of drug-likeness (QED) is 0.782. The maximum atomic E-state index is 6.01. The van der Waals surface area contributed by atoms with E-state index in [1.807, 2.05) is 28.9 Å². The summed E-state index contributed by atoms with van der Waals surface area (Å²) in [6.07, 6.45) is 6.31. The zero-order valence-corrected chi connectivity index (χ0v) is 12.7. The van der Waals surface area contributed by atoms with Gasteiger partial charge in [0.05, 0.1) is 16.4 Å². The lowest BCUT2D eigenvalue weighted by molar-refractivity contribution is 0.241. The van der Waals surface area contributed by atoms with Crippen molar-refractivity contribution in [2.24, 2.45) is 0 Å². The van der Waals surface area contributed by atoms with Gasteiger partial charge in [0, 0.05) is 44.0 Å². The van der Waals surface area contributed by atoms with E-state index in [9.17, 15) is 0 Å². The Kier molecular flexibility index (Phi) is 3.20. The van der Waals surface area contributed by atoms with E-state index < -0.39 is 0 Å². The third-order valence-corrected chi connectivity index (χ3v) is 4.19. The Bertz CT molecular complexity index is 843. The van der Waals surface area contributed by atoms with E-state index >= 15 is 0 Å². The Morgan fingerprint density at radius 1 is 1.23 bits per heavy atom. The van der Waals surface area contributed by atoms with Gasteiger partial charge in [0.25, 0.3) is 0 Å². The van der Waals surface area contributed by atoms with Gasteiger partial charge in [-0.3, -0.25) is 4.90 Å². The molecule has 3 aromatic rings. The van der Waals surface area contributed by atoms with Gasteiger partial charge >= 0.3 is 0 Å². The fourth-order valence-corrected chi connectivity index (χ4v) is 3.04. The number of aromatic nitrogens is 4. The van der Waals surface area contributed by atoms with E-state index in [-0.39, 0.29) is 0 Å². The molecule has 0 unspecified atom stereocenters. The first kappa shape index (κ1) is 13.5. The number of nitrogen functional groups attached to an aromatic ring is 1. The van der Waals surface area contributed by atoms with E-state index in [1.54, 1.807) is 0 Å². The van der Waals surface area contributed by atoms with E-state index in [4.69, 9.17) is 17.3 Å². The Hall–Kier alpha value is -2.18. The molecule has 1 aliphatic rings. The number of imidazole rings is 1. The third-order valence-electron chi connectivity index (χ3n) is 3.96. The summed E-state index contributed by atoms with van der Waals surface area (Å²) in [5, 5.41) is 0.702. The molecule has 0 saturated heterocycles. The molecule has 22 heavy (non-hydrogen) atoms. The molecule has 0 aromatic carbocycles. The zero-order chi connectivity index (χ0) is 15.1. The Morgan fingerprint density at radius 2 is 2.14 bits per heavy atom. The molecule has 0 bridgehead atoms. The minimum absolute atomic E-state index is 0.580. The Labute approximate surface area is 132 Å². The van der Waals surface area contributed by atoms with Crippen molar-refractivity contribution in [3.05, 3.63) is 52.8 Å². The van der Waals surface area contributed by atoms with Crippen LogP contribution in [0.25, 0.3) is 5.65 Å². The van der Waals surface area contributed by atoms with Gasteiger partial charge in [0.15, 0.2) is 0 Å². The summed E-state index contributed by atoms with van der Waals surface area (Å²) in [5.74, 6) is 0.580. The van der Waals surface area contributed by atoms with Gasteiger partial charge in [-0.1, -0.05) is 11.6 Å². The Balaban J connectivity index is 1.57. The second kappa shape index (κ2) is 5.23. The van der Waals surface area contributed by atoms with Gasteiger partial charge in [-0.25, -0.2) is 15.0 Å². The van der Waals surface area contributed by atoms with Gasteiger partial charge in [0.2, 0.25) is 0 Å². The lowest BCUT2D eigenvalue weighted by Gasteiger charge is -2.27. The molecule has 4 heterocycles. The molecule has 4 rings (SSSR count). The van der Waals surface area contributed by atoms with Crippen LogP contribution in [-0.4, -0.2) is 30.8 Å². The first-order chi connectivity index (χ1) is 10.7. The molecule has 0 fully saturated rings. The van der Waals surface area contributed by atoms with Crippen LogP contribution in [0.3, 0.4) is 0 Å². The summed E-state index contributed by atoms with van der Waals surface area (Å²) < 4.78 is 1.95. The zero-order valence-electron chi connectivity index (χ0n) is 11.9. The molecule has 0 radical (unpaired) electrons. The van der Waals surface area contributed by atoms with Crippen LogP contribution < -0.4 is 5.73 Å². The van der Waals surface area contributed by atoms with Gasteiger partial charge < -0.3 is 10.1 Å². The minimum Gasteiger partial charge on any atom is -0.383 e. The number of anilines is 1. The fraction of sp³-hybridized carbons (Fsp3) is 0.267. The molecule has 0 atom stereocenters. The van der Waals surface area contributed by atoms with Crippen molar-refractivity contribution in [3.63, 3.8) is 0 Å². The number of pyridine rings is 1. The first-order valence-corrected chi connectivity index (χ1v) is 7.50. The number of fused-ring (bicyclic) bond motifs is 2. The van der Waals surface area contributed by atoms with Crippen LogP contribution in [0.15, 0.2) is 30.9 Å². The number of hydrogen-bond donors (Lipinski definition) is 1. The van der Waals surface area contributed by atoms with E-state index in [0.717, 1.165) is 48.7 Å². The summed E-state index contributed by atoms with van der Waals surface area (Å²) in [6.45, 7) is 2.47. The number of hydrogen-bond acceptors (Lipinski definition) is 5. The highest BCUT2D eigenvalue weighted by Crippen LogP contribution is 2.22. The number of rotatable bonds is 2. The molecule has 0 amide bonds. The number of nitrogens with two attached hydrogens (primary N) is 1. The highest BCUT2D eigenvalue weighted by molar-refractivity contribution is 6.30. The van der Waals surface area contributed by atoms with Crippen LogP contribution in [0.5, 0.6) is 0 Å². The van der Waals surface area contributed by atoms with Crippen molar-refractivity contribution in [1.29, 1.82) is 0 Å². The van der Waals surface area contributed by atoms with Crippen LogP contribution >= 0.6 is 11.6 Å². The lowest BCUT2D eigenvalue weighted by atomic mass is 10.1. The first-order valence-electron chi connectivity index (χ1n) is 7.13. The third kappa shape index (κ3) is 2.40. The highest BCUT2D eigenvalue weighted by Gasteiger charge is 2.20. The van der Waals surface area contributed by atoms with E-state index in [2.05, 4.69) is 19.9 Å². The molecule has 0 aliphatic carbocycles. The van der Waals surface area contributed by atoms with Crippen LogP contribution in [0.1, 0.15) is 17.0 Å². The summed E-state index contributed by atoms with van der Waals surface area (Å²) >= 11 is 6.01. The normalized spacial score (nSPS) is 15.1. The van der Waals surface area contributed by atoms with Crippen molar-refractivity contribution in [3.8, 4) is 0 Å². The van der Waals surface area contributed by atoms with Crippen molar-refractivity contribution in [2.45, 2.75) is 19.5 Å². The second-order valence-electron chi connectivity index (χ2n) is 5.49. The fourth-order valence-electron chi connectivity index (χ4n) is 2.88. The molecular formula is C15H15ClN6. The van der Waals surface area contributed by atoms with Gasteiger partial charge in [-0.05, 0) is 12.1 Å². The highest BCUT2D eigenvalue weighted by atomic mass is 35.5. The van der Waals surface area contributed by atoms with Crippen molar-refractivity contribution in [1.82, 2.24) is 24.3 Å². The second-order valence-corrected chi connectivity index (χ2v) is 5.93. The van der Waals surface area contributed by atoms with Crippen LogP contribution in [0, 0.1) is 0 Å². The van der Waals surface area contributed by atoms with E-state index in [0.29, 0.717) is 10.8 Å².